The Labute approximate surface area is 129 Å². The highest BCUT2D eigenvalue weighted by Crippen LogP contribution is 2.24. The standard InChI is InChI=1S/C18H13O3S/c19-12-18-15(11-10-14-6-4-5-9-17(14)18)13-22(20,21)16-7-2-1-3-8-16/h1-11H,13H2. The van der Waals surface area contributed by atoms with Crippen LogP contribution in [0.25, 0.3) is 10.8 Å². The quantitative estimate of drug-likeness (QED) is 0.743. The van der Waals surface area contributed by atoms with Crippen LogP contribution in [0.2, 0.25) is 0 Å². The van der Waals surface area contributed by atoms with Crippen LogP contribution in [0, 0.1) is 0 Å². The maximum Gasteiger partial charge on any atom is 0.234 e. The van der Waals surface area contributed by atoms with Crippen molar-refractivity contribution >= 4 is 26.9 Å². The first-order valence-electron chi connectivity index (χ1n) is 6.78. The number of carbonyl (C=O) groups excluding carboxylic acids is 1. The SMILES string of the molecule is O=[C]c1c(CS(=O)(=O)c2ccccc2)ccc2ccccc12. The van der Waals surface area contributed by atoms with Crippen LogP contribution in [0.3, 0.4) is 0 Å². The molecule has 3 nitrogen and oxygen atoms in total. The van der Waals surface area contributed by atoms with Gasteiger partial charge in [0.1, 0.15) is 0 Å². The van der Waals surface area contributed by atoms with Gasteiger partial charge in [0.25, 0.3) is 0 Å². The molecule has 3 rings (SSSR count). The Morgan fingerprint density at radius 2 is 1.50 bits per heavy atom. The van der Waals surface area contributed by atoms with E-state index in [1.165, 1.54) is 0 Å². The van der Waals surface area contributed by atoms with Gasteiger partial charge in [0.05, 0.1) is 10.6 Å². The zero-order valence-corrected chi connectivity index (χ0v) is 12.5. The van der Waals surface area contributed by atoms with Gasteiger partial charge in [-0.3, -0.25) is 4.79 Å². The molecule has 0 fully saturated rings. The molecule has 1 radical (unpaired) electrons. The highest BCUT2D eigenvalue weighted by atomic mass is 32.2. The van der Waals surface area contributed by atoms with Crippen LogP contribution in [0.5, 0.6) is 0 Å². The molecule has 0 amide bonds. The molecule has 0 aliphatic rings. The summed E-state index contributed by atoms with van der Waals surface area (Å²) in [4.78, 5) is 11.6. The predicted octanol–water partition coefficient (Wildman–Crippen LogP) is 3.27. The minimum atomic E-state index is -3.49. The van der Waals surface area contributed by atoms with E-state index in [-0.39, 0.29) is 10.6 Å². The van der Waals surface area contributed by atoms with Crippen LogP contribution in [0.4, 0.5) is 0 Å². The minimum absolute atomic E-state index is 0.216. The van der Waals surface area contributed by atoms with Gasteiger partial charge >= 0.3 is 0 Å². The lowest BCUT2D eigenvalue weighted by Crippen LogP contribution is -2.07. The topological polar surface area (TPSA) is 51.2 Å². The van der Waals surface area contributed by atoms with Crippen molar-refractivity contribution in [2.75, 3.05) is 0 Å². The van der Waals surface area contributed by atoms with Crippen molar-refractivity contribution in [3.8, 4) is 0 Å². The molecule has 3 aromatic carbocycles. The van der Waals surface area contributed by atoms with Crippen LogP contribution in [-0.2, 0) is 20.4 Å². The van der Waals surface area contributed by atoms with Crippen molar-refractivity contribution in [2.24, 2.45) is 0 Å². The monoisotopic (exact) mass is 309 g/mol. The number of sulfone groups is 1. The Hall–Kier alpha value is -2.46. The molecule has 0 aliphatic carbocycles. The van der Waals surface area contributed by atoms with Crippen LogP contribution in [0.15, 0.2) is 71.6 Å². The van der Waals surface area contributed by atoms with Crippen molar-refractivity contribution in [3.63, 3.8) is 0 Å². The second kappa shape index (κ2) is 5.73. The molecule has 22 heavy (non-hydrogen) atoms. The maximum atomic E-state index is 12.5. The van der Waals surface area contributed by atoms with Gasteiger partial charge in [-0.1, -0.05) is 54.6 Å². The fourth-order valence-electron chi connectivity index (χ4n) is 2.47. The summed E-state index contributed by atoms with van der Waals surface area (Å²) < 4.78 is 25.0. The number of hydrogen-bond donors (Lipinski definition) is 0. The summed E-state index contributed by atoms with van der Waals surface area (Å²) in [5.41, 5.74) is 0.787. The van der Waals surface area contributed by atoms with E-state index in [0.29, 0.717) is 11.1 Å². The van der Waals surface area contributed by atoms with Crippen molar-refractivity contribution in [1.29, 1.82) is 0 Å². The third-order valence-electron chi connectivity index (χ3n) is 3.57. The largest absolute Gasteiger partial charge is 0.285 e. The molecule has 0 saturated heterocycles. The van der Waals surface area contributed by atoms with Crippen LogP contribution in [0.1, 0.15) is 11.1 Å². The molecule has 4 heteroatoms. The predicted molar refractivity (Wildman–Crippen MR) is 86.1 cm³/mol. The first kappa shape index (κ1) is 14.5. The highest BCUT2D eigenvalue weighted by Gasteiger charge is 2.18. The average molecular weight is 309 g/mol. The third-order valence-corrected chi connectivity index (χ3v) is 5.25. The van der Waals surface area contributed by atoms with Gasteiger partial charge in [0, 0.05) is 5.56 Å². The summed E-state index contributed by atoms with van der Waals surface area (Å²) in [6.07, 6.45) is 1.90. The third kappa shape index (κ3) is 2.65. The first-order chi connectivity index (χ1) is 10.6. The number of fused-ring (bicyclic) bond motifs is 1. The summed E-state index contributed by atoms with van der Waals surface area (Å²) >= 11 is 0. The Bertz CT molecular complexity index is 929. The first-order valence-corrected chi connectivity index (χ1v) is 8.43. The van der Waals surface area contributed by atoms with E-state index in [1.807, 2.05) is 30.6 Å². The number of benzene rings is 3. The van der Waals surface area contributed by atoms with Crippen molar-refractivity contribution in [1.82, 2.24) is 0 Å². The summed E-state index contributed by atoms with van der Waals surface area (Å²) in [6.45, 7) is 0. The fourth-order valence-corrected chi connectivity index (χ4v) is 3.86. The van der Waals surface area contributed by atoms with Gasteiger partial charge in [-0.05, 0) is 28.5 Å². The molecule has 0 heterocycles. The summed E-state index contributed by atoms with van der Waals surface area (Å²) in [5.74, 6) is -0.216. The number of hydrogen-bond acceptors (Lipinski definition) is 3. The van der Waals surface area contributed by atoms with Gasteiger partial charge in [-0.25, -0.2) is 8.42 Å². The van der Waals surface area contributed by atoms with Gasteiger partial charge < -0.3 is 0 Å². The summed E-state index contributed by atoms with van der Waals surface area (Å²) in [7, 11) is -3.49. The lowest BCUT2D eigenvalue weighted by atomic mass is 10.0. The molecule has 0 bridgehead atoms. The molecule has 0 N–H and O–H groups in total. The van der Waals surface area contributed by atoms with Crippen LogP contribution >= 0.6 is 0 Å². The van der Waals surface area contributed by atoms with Crippen LogP contribution < -0.4 is 0 Å². The molecule has 0 aromatic heterocycles. The van der Waals surface area contributed by atoms with Crippen molar-refractivity contribution < 1.29 is 13.2 Å². The van der Waals surface area contributed by atoms with Gasteiger partial charge in [0.2, 0.25) is 6.29 Å². The molecule has 109 valence electrons. The Balaban J connectivity index is 2.10. The molecule has 0 spiro atoms. The van der Waals surface area contributed by atoms with E-state index in [2.05, 4.69) is 0 Å². The van der Waals surface area contributed by atoms with Gasteiger partial charge in [0.15, 0.2) is 9.84 Å². The highest BCUT2D eigenvalue weighted by molar-refractivity contribution is 7.90. The van der Waals surface area contributed by atoms with Gasteiger partial charge in [-0.2, -0.15) is 0 Å². The second-order valence-electron chi connectivity index (χ2n) is 5.00. The molecular formula is C18H13O3S. The van der Waals surface area contributed by atoms with E-state index in [9.17, 15) is 13.2 Å². The van der Waals surface area contributed by atoms with Crippen LogP contribution in [-0.4, -0.2) is 14.7 Å². The Morgan fingerprint density at radius 3 is 2.23 bits per heavy atom. The summed E-state index contributed by atoms with van der Waals surface area (Å²) in [5, 5.41) is 1.61. The summed E-state index contributed by atoms with van der Waals surface area (Å²) in [6, 6.07) is 19.1. The molecule has 0 unspecified atom stereocenters. The van der Waals surface area contributed by atoms with E-state index in [0.717, 1.165) is 10.8 Å². The van der Waals surface area contributed by atoms with Crippen molar-refractivity contribution in [2.45, 2.75) is 10.6 Å². The maximum absolute atomic E-state index is 12.5. The van der Waals surface area contributed by atoms with Gasteiger partial charge in [-0.15, -0.1) is 0 Å². The molecule has 0 aliphatic heterocycles. The van der Waals surface area contributed by atoms with E-state index < -0.39 is 9.84 Å². The Morgan fingerprint density at radius 1 is 0.818 bits per heavy atom. The van der Waals surface area contributed by atoms with E-state index in [4.69, 9.17) is 0 Å². The zero-order chi connectivity index (χ0) is 15.6. The fraction of sp³-hybridized carbons (Fsp3) is 0.0556. The molecular weight excluding hydrogens is 296 g/mol. The lowest BCUT2D eigenvalue weighted by molar-refractivity contribution is 0.563. The molecule has 0 atom stereocenters. The van der Waals surface area contributed by atoms with E-state index >= 15 is 0 Å². The normalized spacial score (nSPS) is 11.5. The second-order valence-corrected chi connectivity index (χ2v) is 6.98. The minimum Gasteiger partial charge on any atom is -0.285 e. The Kier molecular flexibility index (Phi) is 3.77. The van der Waals surface area contributed by atoms with E-state index in [1.54, 1.807) is 42.5 Å². The zero-order valence-electron chi connectivity index (χ0n) is 11.7. The molecule has 3 aromatic rings. The smallest absolute Gasteiger partial charge is 0.234 e. The average Bonchev–Trinajstić information content (AvgIpc) is 2.55. The molecule has 0 saturated carbocycles. The lowest BCUT2D eigenvalue weighted by Gasteiger charge is -2.09. The van der Waals surface area contributed by atoms with Crippen molar-refractivity contribution in [3.05, 3.63) is 77.9 Å². The number of rotatable bonds is 4.